The van der Waals surface area contributed by atoms with Crippen LogP contribution in [0.15, 0.2) is 62.4 Å². The molecule has 0 saturated heterocycles. The van der Waals surface area contributed by atoms with Crippen LogP contribution in [0.2, 0.25) is 0 Å². The predicted octanol–water partition coefficient (Wildman–Crippen LogP) is 4.20. The Morgan fingerprint density at radius 2 is 1.79 bits per heavy atom. The summed E-state index contributed by atoms with van der Waals surface area (Å²) < 4.78 is 13.8. The third kappa shape index (κ3) is 3.84. The fraction of sp³-hybridized carbons (Fsp3) is 0.0714. The molecule has 0 saturated carbocycles. The Hall–Kier alpha value is -0.780. The van der Waals surface area contributed by atoms with Gasteiger partial charge in [-0.1, -0.05) is 40.2 Å². The number of Topliss-reactive ketones (excluding diaryl/α,β-unsaturated/α-hetero) is 1. The second kappa shape index (κ2) is 6.59. The molecule has 1 atom stereocenters. The van der Waals surface area contributed by atoms with E-state index in [2.05, 4.69) is 31.9 Å². The van der Waals surface area contributed by atoms with Crippen molar-refractivity contribution in [1.82, 2.24) is 0 Å². The monoisotopic (exact) mass is 400 g/mol. The molecule has 98 valence electrons. The van der Waals surface area contributed by atoms with Gasteiger partial charge in [-0.05, 0) is 40.2 Å². The van der Waals surface area contributed by atoms with E-state index >= 15 is 0 Å². The van der Waals surface area contributed by atoms with Crippen molar-refractivity contribution >= 4 is 48.4 Å². The molecule has 5 heteroatoms. The molecule has 2 aromatic carbocycles. The first-order valence-electron chi connectivity index (χ1n) is 5.49. The first-order valence-corrected chi connectivity index (χ1v) is 8.40. The van der Waals surface area contributed by atoms with E-state index in [1.54, 1.807) is 24.3 Å². The Balaban J connectivity index is 2.16. The minimum absolute atomic E-state index is 0.0148. The van der Waals surface area contributed by atoms with Crippen LogP contribution in [0.25, 0.3) is 0 Å². The molecular weight excluding hydrogens is 392 g/mol. The topological polar surface area (TPSA) is 34.1 Å². The molecule has 0 aliphatic carbocycles. The number of benzene rings is 2. The Labute approximate surface area is 130 Å². The number of carbonyl (C=O) groups excluding carboxylic acids is 1. The summed E-state index contributed by atoms with van der Waals surface area (Å²) in [7, 11) is -1.34. The van der Waals surface area contributed by atoms with Gasteiger partial charge in [0.05, 0.1) is 21.4 Å². The van der Waals surface area contributed by atoms with Gasteiger partial charge in [0.1, 0.15) is 0 Å². The molecule has 0 fully saturated rings. The van der Waals surface area contributed by atoms with Crippen LogP contribution in [-0.2, 0) is 10.8 Å². The van der Waals surface area contributed by atoms with Gasteiger partial charge in [-0.25, -0.2) is 0 Å². The zero-order valence-corrected chi connectivity index (χ0v) is 13.8. The lowest BCUT2D eigenvalue weighted by Gasteiger charge is -2.04. The van der Waals surface area contributed by atoms with Gasteiger partial charge in [-0.3, -0.25) is 9.00 Å². The van der Waals surface area contributed by atoms with E-state index in [0.29, 0.717) is 10.5 Å². The summed E-state index contributed by atoms with van der Waals surface area (Å²) in [6.07, 6.45) is 0. The van der Waals surface area contributed by atoms with Crippen LogP contribution in [0.5, 0.6) is 0 Å². The van der Waals surface area contributed by atoms with Crippen LogP contribution in [0.1, 0.15) is 10.4 Å². The molecule has 0 aromatic heterocycles. The lowest BCUT2D eigenvalue weighted by atomic mass is 10.2. The first kappa shape index (κ1) is 14.6. The van der Waals surface area contributed by atoms with Crippen LogP contribution in [0, 0.1) is 0 Å². The molecule has 0 heterocycles. The molecule has 0 radical (unpaired) electrons. The molecule has 2 aromatic rings. The summed E-state index contributed by atoms with van der Waals surface area (Å²) in [5.41, 5.74) is 0.565. The second-order valence-electron chi connectivity index (χ2n) is 3.85. The van der Waals surface area contributed by atoms with Crippen LogP contribution in [-0.4, -0.2) is 15.7 Å². The highest BCUT2D eigenvalue weighted by atomic mass is 79.9. The Morgan fingerprint density at radius 3 is 2.47 bits per heavy atom. The quantitative estimate of drug-likeness (QED) is 0.719. The minimum Gasteiger partial charge on any atom is -0.293 e. The van der Waals surface area contributed by atoms with E-state index in [-0.39, 0.29) is 11.5 Å². The van der Waals surface area contributed by atoms with Gasteiger partial charge < -0.3 is 0 Å². The number of carbonyl (C=O) groups is 1. The molecule has 19 heavy (non-hydrogen) atoms. The highest BCUT2D eigenvalue weighted by molar-refractivity contribution is 9.10. The average Bonchev–Trinajstić information content (AvgIpc) is 2.39. The van der Waals surface area contributed by atoms with Gasteiger partial charge >= 0.3 is 0 Å². The van der Waals surface area contributed by atoms with E-state index in [4.69, 9.17) is 0 Å². The Kier molecular flexibility index (Phi) is 5.07. The van der Waals surface area contributed by atoms with E-state index in [0.717, 1.165) is 8.95 Å². The summed E-state index contributed by atoms with van der Waals surface area (Å²) >= 11 is 6.66. The van der Waals surface area contributed by atoms with Crippen molar-refractivity contribution in [2.75, 3.05) is 5.75 Å². The van der Waals surface area contributed by atoms with Crippen molar-refractivity contribution in [2.24, 2.45) is 0 Å². The van der Waals surface area contributed by atoms with Gasteiger partial charge in [0.15, 0.2) is 5.78 Å². The van der Waals surface area contributed by atoms with Gasteiger partial charge in [-0.2, -0.15) is 0 Å². The number of hydrogen-bond donors (Lipinski definition) is 0. The predicted molar refractivity (Wildman–Crippen MR) is 83.9 cm³/mol. The van der Waals surface area contributed by atoms with Gasteiger partial charge in [0.25, 0.3) is 0 Å². The highest BCUT2D eigenvalue weighted by Gasteiger charge is 2.14. The van der Waals surface area contributed by atoms with Crippen molar-refractivity contribution < 1.29 is 9.00 Å². The fourth-order valence-electron chi connectivity index (χ4n) is 1.57. The molecule has 2 nitrogen and oxygen atoms in total. The summed E-state index contributed by atoms with van der Waals surface area (Å²) in [4.78, 5) is 12.7. The number of rotatable bonds is 4. The van der Waals surface area contributed by atoms with Gasteiger partial charge in [0, 0.05) is 14.5 Å². The van der Waals surface area contributed by atoms with Crippen molar-refractivity contribution in [2.45, 2.75) is 4.90 Å². The van der Waals surface area contributed by atoms with E-state index < -0.39 is 10.8 Å². The van der Waals surface area contributed by atoms with Crippen LogP contribution in [0.3, 0.4) is 0 Å². The zero-order valence-electron chi connectivity index (χ0n) is 9.81. The van der Waals surface area contributed by atoms with Crippen LogP contribution < -0.4 is 0 Å². The third-order valence-electron chi connectivity index (χ3n) is 2.49. The van der Waals surface area contributed by atoms with E-state index in [1.165, 1.54) is 0 Å². The summed E-state index contributed by atoms with van der Waals surface area (Å²) in [6, 6.07) is 14.3. The average molecular weight is 402 g/mol. The number of hydrogen-bond acceptors (Lipinski definition) is 2. The van der Waals surface area contributed by atoms with Crippen LogP contribution >= 0.6 is 31.9 Å². The summed E-state index contributed by atoms with van der Waals surface area (Å²) in [6.45, 7) is 0. The minimum atomic E-state index is -1.34. The molecule has 0 N–H and O–H groups in total. The third-order valence-corrected chi connectivity index (χ3v) is 5.31. The van der Waals surface area contributed by atoms with Crippen molar-refractivity contribution in [3.05, 3.63) is 63.0 Å². The normalized spacial score (nSPS) is 12.1. The Bertz CT molecular complexity index is 641. The molecular formula is C14H10Br2O2S. The van der Waals surface area contributed by atoms with Crippen molar-refractivity contribution in [3.63, 3.8) is 0 Å². The molecule has 0 bridgehead atoms. The molecule has 2 rings (SSSR count). The largest absolute Gasteiger partial charge is 0.293 e. The van der Waals surface area contributed by atoms with E-state index in [9.17, 15) is 9.00 Å². The molecule has 1 unspecified atom stereocenters. The standard InChI is InChI=1S/C14H10Br2O2S/c15-11-5-3-4-10(8-11)13(17)9-19(18)14-7-2-1-6-12(14)16/h1-8H,9H2. The van der Waals surface area contributed by atoms with Gasteiger partial charge in [-0.15, -0.1) is 0 Å². The molecule has 0 aliphatic heterocycles. The fourth-order valence-corrected chi connectivity index (χ4v) is 3.87. The van der Waals surface area contributed by atoms with Gasteiger partial charge in [0.2, 0.25) is 0 Å². The second-order valence-corrected chi connectivity index (χ2v) is 7.04. The zero-order chi connectivity index (χ0) is 13.8. The van der Waals surface area contributed by atoms with E-state index in [1.807, 2.05) is 24.3 Å². The maximum atomic E-state index is 12.2. The molecule has 0 amide bonds. The van der Waals surface area contributed by atoms with Crippen molar-refractivity contribution in [3.8, 4) is 0 Å². The lowest BCUT2D eigenvalue weighted by molar-refractivity contribution is 0.102. The SMILES string of the molecule is O=C(CS(=O)c1ccccc1Br)c1cccc(Br)c1. The van der Waals surface area contributed by atoms with Crippen LogP contribution in [0.4, 0.5) is 0 Å². The smallest absolute Gasteiger partial charge is 0.175 e. The van der Waals surface area contributed by atoms with Crippen molar-refractivity contribution in [1.29, 1.82) is 0 Å². The number of halogens is 2. The maximum Gasteiger partial charge on any atom is 0.175 e. The summed E-state index contributed by atoms with van der Waals surface area (Å²) in [5.74, 6) is -0.144. The molecule has 0 spiro atoms. The summed E-state index contributed by atoms with van der Waals surface area (Å²) in [5, 5.41) is 0. The highest BCUT2D eigenvalue weighted by Crippen LogP contribution is 2.20. The number of ketones is 1. The first-order chi connectivity index (χ1) is 9.08. The molecule has 0 aliphatic rings. The lowest BCUT2D eigenvalue weighted by Crippen LogP contribution is -2.11. The Morgan fingerprint density at radius 1 is 1.05 bits per heavy atom. The maximum absolute atomic E-state index is 12.2.